The van der Waals surface area contributed by atoms with Crippen molar-refractivity contribution in [1.82, 2.24) is 0 Å². The lowest BCUT2D eigenvalue weighted by molar-refractivity contribution is -0.142. The summed E-state index contributed by atoms with van der Waals surface area (Å²) >= 11 is 0. The molecule has 0 atom stereocenters. The first kappa shape index (κ1) is 15.5. The minimum Gasteiger partial charge on any atom is -0.452 e. The van der Waals surface area contributed by atoms with Crippen LogP contribution in [0.15, 0.2) is 60.7 Å². The minimum atomic E-state index is -0.553. The van der Waals surface area contributed by atoms with Crippen molar-refractivity contribution < 1.29 is 14.3 Å². The second-order valence-corrected chi connectivity index (χ2v) is 4.77. The summed E-state index contributed by atoms with van der Waals surface area (Å²) in [5.74, 6) is -0.923. The van der Waals surface area contributed by atoms with Gasteiger partial charge in [-0.15, -0.1) is 0 Å². The molecule has 2 aromatic carbocycles. The lowest BCUT2D eigenvalue weighted by atomic mass is 10.2. The number of carbonyl (C=O) groups excluding carboxylic acids is 2. The number of aryl methyl sites for hydroxylation is 1. The van der Waals surface area contributed by atoms with Gasteiger partial charge in [0.15, 0.2) is 6.61 Å². The van der Waals surface area contributed by atoms with Crippen LogP contribution in [0.5, 0.6) is 0 Å². The molecule has 4 nitrogen and oxygen atoms in total. The molecule has 1 N–H and O–H groups in total. The molecule has 0 unspecified atom stereocenters. The number of esters is 1. The van der Waals surface area contributed by atoms with Gasteiger partial charge in [-0.3, -0.25) is 4.79 Å². The van der Waals surface area contributed by atoms with Crippen molar-refractivity contribution >= 4 is 23.6 Å². The zero-order valence-corrected chi connectivity index (χ0v) is 12.3. The Balaban J connectivity index is 1.77. The zero-order chi connectivity index (χ0) is 15.8. The number of ether oxygens (including phenoxy) is 1. The highest BCUT2D eigenvalue weighted by Crippen LogP contribution is 2.08. The molecule has 0 heterocycles. The molecule has 0 radical (unpaired) electrons. The highest BCUT2D eigenvalue weighted by molar-refractivity contribution is 5.94. The molecule has 0 saturated heterocycles. The quantitative estimate of drug-likeness (QED) is 0.681. The highest BCUT2D eigenvalue weighted by Gasteiger charge is 2.05. The molecule has 1 amide bonds. The Morgan fingerprint density at radius 3 is 2.41 bits per heavy atom. The number of anilines is 1. The lowest BCUT2D eigenvalue weighted by Crippen LogP contribution is -2.20. The maximum atomic E-state index is 11.7. The Labute approximate surface area is 129 Å². The first-order valence-electron chi connectivity index (χ1n) is 6.90. The summed E-state index contributed by atoms with van der Waals surface area (Å²) < 4.78 is 4.88. The van der Waals surface area contributed by atoms with Gasteiger partial charge < -0.3 is 10.1 Å². The molecule has 112 valence electrons. The maximum absolute atomic E-state index is 11.7. The minimum absolute atomic E-state index is 0.314. The van der Waals surface area contributed by atoms with Crippen LogP contribution in [0, 0.1) is 6.92 Å². The van der Waals surface area contributed by atoms with E-state index in [4.69, 9.17) is 4.74 Å². The summed E-state index contributed by atoms with van der Waals surface area (Å²) in [5.41, 5.74) is 2.67. The van der Waals surface area contributed by atoms with E-state index in [0.29, 0.717) is 5.69 Å². The fourth-order valence-corrected chi connectivity index (χ4v) is 1.75. The maximum Gasteiger partial charge on any atom is 0.331 e. The van der Waals surface area contributed by atoms with E-state index in [2.05, 4.69) is 5.32 Å². The number of rotatable bonds is 5. The van der Waals surface area contributed by atoms with E-state index in [1.807, 2.05) is 49.4 Å². The monoisotopic (exact) mass is 295 g/mol. The van der Waals surface area contributed by atoms with Crippen molar-refractivity contribution in [3.63, 3.8) is 0 Å². The molecule has 4 heteroatoms. The molecule has 2 aromatic rings. The van der Waals surface area contributed by atoms with Gasteiger partial charge in [-0.2, -0.15) is 0 Å². The van der Waals surface area contributed by atoms with Crippen molar-refractivity contribution in [1.29, 1.82) is 0 Å². The topological polar surface area (TPSA) is 55.4 Å². The van der Waals surface area contributed by atoms with Crippen LogP contribution >= 0.6 is 0 Å². The predicted molar refractivity (Wildman–Crippen MR) is 86.2 cm³/mol. The Morgan fingerprint density at radius 2 is 1.73 bits per heavy atom. The Morgan fingerprint density at radius 1 is 1.05 bits per heavy atom. The zero-order valence-electron chi connectivity index (χ0n) is 12.3. The number of benzene rings is 2. The van der Waals surface area contributed by atoms with E-state index in [1.54, 1.807) is 18.2 Å². The van der Waals surface area contributed by atoms with Crippen LogP contribution in [0.2, 0.25) is 0 Å². The van der Waals surface area contributed by atoms with Crippen molar-refractivity contribution in [3.05, 3.63) is 71.8 Å². The molecular weight excluding hydrogens is 278 g/mol. The first-order chi connectivity index (χ1) is 10.6. The molecule has 0 spiro atoms. The van der Waals surface area contributed by atoms with Gasteiger partial charge in [0.25, 0.3) is 5.91 Å². The summed E-state index contributed by atoms with van der Waals surface area (Å²) in [5, 5.41) is 2.66. The standard InChI is InChI=1S/C18H17NO3/c1-14-7-10-16(11-8-14)19-17(20)13-22-18(21)12-9-15-5-3-2-4-6-15/h2-12H,13H2,1H3,(H,19,20)/b12-9+. The molecule has 0 aliphatic heterocycles. The third-order valence-electron chi connectivity index (χ3n) is 2.89. The van der Waals surface area contributed by atoms with Crippen LogP contribution < -0.4 is 5.32 Å². The fourth-order valence-electron chi connectivity index (χ4n) is 1.75. The van der Waals surface area contributed by atoms with Crippen LogP contribution in [0.4, 0.5) is 5.69 Å². The van der Waals surface area contributed by atoms with Crippen LogP contribution in [0.25, 0.3) is 6.08 Å². The molecule has 0 fully saturated rings. The number of hydrogen-bond acceptors (Lipinski definition) is 3. The average Bonchev–Trinajstić information content (AvgIpc) is 2.54. The molecule has 0 aromatic heterocycles. The van der Waals surface area contributed by atoms with Gasteiger partial charge in [0.05, 0.1) is 0 Å². The highest BCUT2D eigenvalue weighted by atomic mass is 16.5. The summed E-state index contributed by atoms with van der Waals surface area (Å²) in [4.78, 5) is 23.2. The summed E-state index contributed by atoms with van der Waals surface area (Å²) in [6.45, 7) is 1.65. The van der Waals surface area contributed by atoms with E-state index in [0.717, 1.165) is 11.1 Å². The summed E-state index contributed by atoms with van der Waals surface area (Å²) in [6, 6.07) is 16.8. The number of amides is 1. The number of nitrogens with one attached hydrogen (secondary N) is 1. The van der Waals surface area contributed by atoms with Gasteiger partial charge in [-0.1, -0.05) is 48.0 Å². The molecule has 0 saturated carbocycles. The fraction of sp³-hybridized carbons (Fsp3) is 0.111. The molecular formula is C18H17NO3. The number of carbonyl (C=O) groups is 2. The van der Waals surface area contributed by atoms with E-state index in [9.17, 15) is 9.59 Å². The molecule has 0 aliphatic carbocycles. The van der Waals surface area contributed by atoms with Crippen molar-refractivity contribution in [2.45, 2.75) is 6.92 Å². The van der Waals surface area contributed by atoms with E-state index < -0.39 is 5.97 Å². The van der Waals surface area contributed by atoms with Crippen molar-refractivity contribution in [2.24, 2.45) is 0 Å². The molecule has 0 bridgehead atoms. The van der Waals surface area contributed by atoms with Crippen molar-refractivity contribution in [2.75, 3.05) is 11.9 Å². The summed E-state index contributed by atoms with van der Waals surface area (Å²) in [7, 11) is 0. The predicted octanol–water partition coefficient (Wildman–Crippen LogP) is 3.19. The van der Waals surface area contributed by atoms with Crippen molar-refractivity contribution in [3.8, 4) is 0 Å². The van der Waals surface area contributed by atoms with E-state index in [1.165, 1.54) is 6.08 Å². The van der Waals surface area contributed by atoms with E-state index >= 15 is 0 Å². The van der Waals surface area contributed by atoms with Crippen LogP contribution in [-0.2, 0) is 14.3 Å². The lowest BCUT2D eigenvalue weighted by Gasteiger charge is -2.05. The normalized spacial score (nSPS) is 10.4. The average molecular weight is 295 g/mol. The summed E-state index contributed by atoms with van der Waals surface area (Å²) in [6.07, 6.45) is 2.94. The van der Waals surface area contributed by atoms with Gasteiger partial charge in [0, 0.05) is 11.8 Å². The molecule has 22 heavy (non-hydrogen) atoms. The number of hydrogen-bond donors (Lipinski definition) is 1. The SMILES string of the molecule is Cc1ccc(NC(=O)COC(=O)/C=C/c2ccccc2)cc1. The largest absolute Gasteiger partial charge is 0.452 e. The van der Waals surface area contributed by atoms with Gasteiger partial charge in [0.1, 0.15) is 0 Å². The smallest absolute Gasteiger partial charge is 0.331 e. The van der Waals surface area contributed by atoms with E-state index in [-0.39, 0.29) is 12.5 Å². The van der Waals surface area contributed by atoms with Crippen LogP contribution in [0.1, 0.15) is 11.1 Å². The second-order valence-electron chi connectivity index (χ2n) is 4.77. The van der Waals surface area contributed by atoms with Gasteiger partial charge in [0.2, 0.25) is 0 Å². The van der Waals surface area contributed by atoms with Crippen LogP contribution in [0.3, 0.4) is 0 Å². The van der Waals surface area contributed by atoms with Gasteiger partial charge in [-0.05, 0) is 30.7 Å². The second kappa shape index (κ2) is 7.78. The molecule has 0 aliphatic rings. The molecule has 2 rings (SSSR count). The first-order valence-corrected chi connectivity index (χ1v) is 6.90. The third-order valence-corrected chi connectivity index (χ3v) is 2.89. The van der Waals surface area contributed by atoms with Gasteiger partial charge in [-0.25, -0.2) is 4.79 Å². The van der Waals surface area contributed by atoms with Gasteiger partial charge >= 0.3 is 5.97 Å². The third kappa shape index (κ3) is 5.25. The Hall–Kier alpha value is -2.88. The Bertz CT molecular complexity index is 660. The Kier molecular flexibility index (Phi) is 5.49. The van der Waals surface area contributed by atoms with Crippen LogP contribution in [-0.4, -0.2) is 18.5 Å².